The zero-order valence-electron chi connectivity index (χ0n) is 11.2. The second-order valence-corrected chi connectivity index (χ2v) is 5.72. The lowest BCUT2D eigenvalue weighted by molar-refractivity contribution is -0.122. The number of nitrogens with zero attached hydrogens (tertiary/aromatic N) is 1. The van der Waals surface area contributed by atoms with E-state index in [1.165, 1.54) is 12.0 Å². The molecule has 2 aliphatic rings. The van der Waals surface area contributed by atoms with Gasteiger partial charge in [-0.3, -0.25) is 9.89 Å². The Labute approximate surface area is 113 Å². The number of rotatable bonds is 4. The average Bonchev–Trinajstić information content (AvgIpc) is 3.08. The SMILES string of the molecule is O=C(CCC1CCNC1)NC1CCCc2cn[nH]c21. The number of fused-ring (bicyclic) bond motifs is 1. The smallest absolute Gasteiger partial charge is 0.220 e. The molecule has 5 nitrogen and oxygen atoms in total. The van der Waals surface area contributed by atoms with Crippen molar-refractivity contribution >= 4 is 5.91 Å². The summed E-state index contributed by atoms with van der Waals surface area (Å²) >= 11 is 0. The molecule has 0 aromatic carbocycles. The van der Waals surface area contributed by atoms with Gasteiger partial charge in [0.1, 0.15) is 0 Å². The molecule has 1 saturated heterocycles. The highest BCUT2D eigenvalue weighted by Crippen LogP contribution is 2.27. The molecular weight excluding hydrogens is 240 g/mol. The van der Waals surface area contributed by atoms with Crippen LogP contribution in [0.25, 0.3) is 0 Å². The first-order chi connectivity index (χ1) is 9.33. The van der Waals surface area contributed by atoms with E-state index in [0.29, 0.717) is 12.3 Å². The Kier molecular flexibility index (Phi) is 3.82. The van der Waals surface area contributed by atoms with Crippen molar-refractivity contribution in [3.8, 4) is 0 Å². The van der Waals surface area contributed by atoms with Crippen molar-refractivity contribution in [1.29, 1.82) is 0 Å². The number of aryl methyl sites for hydroxylation is 1. The van der Waals surface area contributed by atoms with Crippen LogP contribution in [-0.4, -0.2) is 29.2 Å². The van der Waals surface area contributed by atoms with Gasteiger partial charge in [-0.15, -0.1) is 0 Å². The van der Waals surface area contributed by atoms with E-state index in [1.54, 1.807) is 0 Å². The van der Waals surface area contributed by atoms with Crippen LogP contribution in [-0.2, 0) is 11.2 Å². The Bertz CT molecular complexity index is 436. The van der Waals surface area contributed by atoms with Gasteiger partial charge in [0.2, 0.25) is 5.91 Å². The lowest BCUT2D eigenvalue weighted by atomic mass is 9.93. The van der Waals surface area contributed by atoms with Crippen molar-refractivity contribution in [2.24, 2.45) is 5.92 Å². The van der Waals surface area contributed by atoms with Crippen molar-refractivity contribution in [3.63, 3.8) is 0 Å². The Morgan fingerprint density at radius 1 is 1.47 bits per heavy atom. The lowest BCUT2D eigenvalue weighted by Gasteiger charge is -2.23. The number of H-pyrrole nitrogens is 1. The van der Waals surface area contributed by atoms with Crippen LogP contribution in [0, 0.1) is 5.92 Å². The quantitative estimate of drug-likeness (QED) is 0.766. The van der Waals surface area contributed by atoms with Gasteiger partial charge in [0.05, 0.1) is 17.9 Å². The van der Waals surface area contributed by atoms with E-state index in [4.69, 9.17) is 0 Å². The molecule has 2 atom stereocenters. The van der Waals surface area contributed by atoms with Crippen LogP contribution in [0.4, 0.5) is 0 Å². The third-order valence-corrected chi connectivity index (χ3v) is 4.32. The largest absolute Gasteiger partial charge is 0.348 e. The number of amides is 1. The van der Waals surface area contributed by atoms with Gasteiger partial charge in [-0.1, -0.05) is 0 Å². The normalized spacial score (nSPS) is 26.1. The van der Waals surface area contributed by atoms with E-state index in [-0.39, 0.29) is 11.9 Å². The van der Waals surface area contributed by atoms with Crippen molar-refractivity contribution in [2.75, 3.05) is 13.1 Å². The Hall–Kier alpha value is -1.36. The van der Waals surface area contributed by atoms with E-state index < -0.39 is 0 Å². The van der Waals surface area contributed by atoms with Crippen LogP contribution in [0.1, 0.15) is 49.4 Å². The molecule has 2 heterocycles. The maximum Gasteiger partial charge on any atom is 0.220 e. The third-order valence-electron chi connectivity index (χ3n) is 4.32. The van der Waals surface area contributed by atoms with Crippen molar-refractivity contribution in [3.05, 3.63) is 17.5 Å². The van der Waals surface area contributed by atoms with Gasteiger partial charge in [0.25, 0.3) is 0 Å². The summed E-state index contributed by atoms with van der Waals surface area (Å²) < 4.78 is 0. The highest BCUT2D eigenvalue weighted by molar-refractivity contribution is 5.76. The van der Waals surface area contributed by atoms with Gasteiger partial charge in [-0.2, -0.15) is 5.10 Å². The van der Waals surface area contributed by atoms with Crippen LogP contribution in [0.15, 0.2) is 6.20 Å². The molecule has 0 radical (unpaired) electrons. The van der Waals surface area contributed by atoms with Gasteiger partial charge in [-0.05, 0) is 56.7 Å². The highest BCUT2D eigenvalue weighted by Gasteiger charge is 2.24. The van der Waals surface area contributed by atoms with Crippen molar-refractivity contribution in [1.82, 2.24) is 20.8 Å². The fourth-order valence-corrected chi connectivity index (χ4v) is 3.17. The Morgan fingerprint density at radius 3 is 3.26 bits per heavy atom. The fourth-order valence-electron chi connectivity index (χ4n) is 3.17. The summed E-state index contributed by atoms with van der Waals surface area (Å²) in [5, 5.41) is 13.6. The second kappa shape index (κ2) is 5.74. The molecule has 104 valence electrons. The standard InChI is InChI=1S/C14H22N4O/c19-13(5-4-10-6-7-15-8-10)17-12-3-1-2-11-9-16-18-14(11)12/h9-10,12,15H,1-8H2,(H,16,18)(H,17,19). The molecular formula is C14H22N4O. The van der Waals surface area contributed by atoms with Gasteiger partial charge < -0.3 is 10.6 Å². The predicted molar refractivity (Wildman–Crippen MR) is 72.6 cm³/mol. The molecule has 1 aromatic heterocycles. The minimum absolute atomic E-state index is 0.139. The van der Waals surface area contributed by atoms with E-state index in [9.17, 15) is 4.79 Å². The summed E-state index contributed by atoms with van der Waals surface area (Å²) in [7, 11) is 0. The van der Waals surface area contributed by atoms with Crippen molar-refractivity contribution in [2.45, 2.75) is 44.6 Å². The summed E-state index contributed by atoms with van der Waals surface area (Å²) in [6.45, 7) is 2.17. The molecule has 5 heteroatoms. The number of hydrogen-bond donors (Lipinski definition) is 3. The topological polar surface area (TPSA) is 69.8 Å². The molecule has 1 aliphatic heterocycles. The molecule has 0 saturated carbocycles. The van der Waals surface area contributed by atoms with Gasteiger partial charge in [0.15, 0.2) is 0 Å². The zero-order chi connectivity index (χ0) is 13.1. The molecule has 0 spiro atoms. The minimum Gasteiger partial charge on any atom is -0.348 e. The number of nitrogens with one attached hydrogen (secondary N) is 3. The molecule has 3 rings (SSSR count). The van der Waals surface area contributed by atoms with E-state index >= 15 is 0 Å². The first-order valence-electron chi connectivity index (χ1n) is 7.35. The van der Waals surface area contributed by atoms with Gasteiger partial charge in [-0.25, -0.2) is 0 Å². The van der Waals surface area contributed by atoms with Gasteiger partial charge in [0, 0.05) is 6.42 Å². The molecule has 2 unspecified atom stereocenters. The summed E-state index contributed by atoms with van der Waals surface area (Å²) in [5.74, 6) is 0.860. The molecule has 0 bridgehead atoms. The van der Waals surface area contributed by atoms with E-state index in [0.717, 1.165) is 44.5 Å². The first-order valence-corrected chi connectivity index (χ1v) is 7.35. The lowest BCUT2D eigenvalue weighted by Crippen LogP contribution is -2.31. The number of carbonyl (C=O) groups excluding carboxylic acids is 1. The monoisotopic (exact) mass is 262 g/mol. The average molecular weight is 262 g/mol. The summed E-state index contributed by atoms with van der Waals surface area (Å²) in [6.07, 6.45) is 7.97. The molecule has 3 N–H and O–H groups in total. The number of aromatic amines is 1. The maximum atomic E-state index is 12.0. The summed E-state index contributed by atoms with van der Waals surface area (Å²) in [5.41, 5.74) is 2.37. The Balaban J connectivity index is 1.50. The van der Waals surface area contributed by atoms with Crippen LogP contribution < -0.4 is 10.6 Å². The second-order valence-electron chi connectivity index (χ2n) is 5.72. The van der Waals surface area contributed by atoms with E-state index in [2.05, 4.69) is 20.8 Å². The van der Waals surface area contributed by atoms with Crippen LogP contribution >= 0.6 is 0 Å². The third kappa shape index (κ3) is 2.97. The molecule has 1 fully saturated rings. The molecule has 1 aromatic rings. The number of hydrogen-bond acceptors (Lipinski definition) is 3. The van der Waals surface area contributed by atoms with Crippen LogP contribution in [0.5, 0.6) is 0 Å². The summed E-state index contributed by atoms with van der Waals surface area (Å²) in [4.78, 5) is 12.0. The van der Waals surface area contributed by atoms with Crippen LogP contribution in [0.3, 0.4) is 0 Å². The minimum atomic E-state index is 0.139. The van der Waals surface area contributed by atoms with Crippen LogP contribution in [0.2, 0.25) is 0 Å². The maximum absolute atomic E-state index is 12.0. The number of aromatic nitrogens is 2. The first kappa shape index (κ1) is 12.7. The Morgan fingerprint density at radius 2 is 2.42 bits per heavy atom. The number of carbonyl (C=O) groups is 1. The molecule has 19 heavy (non-hydrogen) atoms. The molecule has 1 aliphatic carbocycles. The zero-order valence-corrected chi connectivity index (χ0v) is 11.2. The molecule has 1 amide bonds. The van der Waals surface area contributed by atoms with Gasteiger partial charge >= 0.3 is 0 Å². The fraction of sp³-hybridized carbons (Fsp3) is 0.714. The van der Waals surface area contributed by atoms with E-state index in [1.807, 2.05) is 6.20 Å². The van der Waals surface area contributed by atoms with Crippen molar-refractivity contribution < 1.29 is 4.79 Å². The summed E-state index contributed by atoms with van der Waals surface area (Å²) in [6, 6.07) is 0.139. The predicted octanol–water partition coefficient (Wildman–Crippen LogP) is 1.29. The highest BCUT2D eigenvalue weighted by atomic mass is 16.1.